The molecule has 1 atom stereocenters. The van der Waals surface area contributed by atoms with Crippen LogP contribution in [0.25, 0.3) is 6.08 Å². The lowest BCUT2D eigenvalue weighted by molar-refractivity contribution is -0.131. The Hall–Kier alpha value is -2.21. The number of hydrogen-bond donors (Lipinski definition) is 1. The first kappa shape index (κ1) is 13.8. The van der Waals surface area contributed by atoms with E-state index in [1.54, 1.807) is 12.1 Å². The van der Waals surface area contributed by atoms with Crippen LogP contribution in [0.1, 0.15) is 18.4 Å². The van der Waals surface area contributed by atoms with Gasteiger partial charge in [0.2, 0.25) is 6.79 Å². The molecule has 21 heavy (non-hydrogen) atoms. The summed E-state index contributed by atoms with van der Waals surface area (Å²) in [7, 11) is 0. The van der Waals surface area contributed by atoms with Gasteiger partial charge in [0.25, 0.3) is 0 Å². The summed E-state index contributed by atoms with van der Waals surface area (Å²) in [6.07, 6.45) is 4.40. The van der Waals surface area contributed by atoms with Crippen molar-refractivity contribution in [2.75, 3.05) is 20.0 Å². The molecule has 1 aromatic rings. The normalized spacial score (nSPS) is 20.7. The van der Waals surface area contributed by atoms with Gasteiger partial charge in [0, 0.05) is 24.3 Å². The van der Waals surface area contributed by atoms with Gasteiger partial charge in [0.15, 0.2) is 11.5 Å². The zero-order chi connectivity index (χ0) is 14.7. The molecule has 6 heteroatoms. The lowest BCUT2D eigenvalue weighted by Crippen LogP contribution is -2.28. The third-order valence-electron chi connectivity index (χ3n) is 3.32. The highest BCUT2D eigenvalue weighted by molar-refractivity contribution is 5.86. The van der Waals surface area contributed by atoms with Gasteiger partial charge >= 0.3 is 5.97 Å². The summed E-state index contributed by atoms with van der Waals surface area (Å²) >= 11 is 0. The summed E-state index contributed by atoms with van der Waals surface area (Å²) in [5, 5.41) is 8.78. The van der Waals surface area contributed by atoms with E-state index in [1.165, 1.54) is 6.08 Å². The second-order valence-electron chi connectivity index (χ2n) is 4.87. The van der Waals surface area contributed by atoms with E-state index in [2.05, 4.69) is 0 Å². The van der Waals surface area contributed by atoms with Crippen LogP contribution in [0.4, 0.5) is 0 Å². The number of carboxylic acid groups (broad SMARTS) is 1. The minimum Gasteiger partial charge on any atom is -0.487 e. The molecule has 0 saturated carbocycles. The predicted molar refractivity (Wildman–Crippen MR) is 73.7 cm³/mol. The van der Waals surface area contributed by atoms with E-state index in [9.17, 15) is 4.79 Å². The molecule has 3 rings (SSSR count). The fraction of sp³-hybridized carbons (Fsp3) is 0.400. The number of carboxylic acids is 1. The van der Waals surface area contributed by atoms with Crippen molar-refractivity contribution in [2.45, 2.75) is 18.9 Å². The van der Waals surface area contributed by atoms with Crippen molar-refractivity contribution in [1.82, 2.24) is 0 Å². The molecular weight excluding hydrogens is 276 g/mol. The Morgan fingerprint density at radius 2 is 2.14 bits per heavy atom. The van der Waals surface area contributed by atoms with Gasteiger partial charge in [-0.25, -0.2) is 4.79 Å². The third-order valence-corrected chi connectivity index (χ3v) is 3.32. The molecular formula is C15H16O6. The summed E-state index contributed by atoms with van der Waals surface area (Å²) in [5.41, 5.74) is 0.646. The molecule has 112 valence electrons. The number of benzene rings is 1. The molecule has 0 aliphatic carbocycles. The molecule has 0 aromatic heterocycles. The van der Waals surface area contributed by atoms with Crippen molar-refractivity contribution in [3.05, 3.63) is 23.8 Å². The van der Waals surface area contributed by atoms with Crippen molar-refractivity contribution in [3.63, 3.8) is 0 Å². The minimum absolute atomic E-state index is 0.0314. The van der Waals surface area contributed by atoms with Crippen molar-refractivity contribution >= 4 is 12.0 Å². The first-order chi connectivity index (χ1) is 10.2. The monoisotopic (exact) mass is 292 g/mol. The van der Waals surface area contributed by atoms with Crippen LogP contribution in [0.15, 0.2) is 18.2 Å². The lowest BCUT2D eigenvalue weighted by Gasteiger charge is -2.24. The molecule has 6 nitrogen and oxygen atoms in total. The molecule has 2 aliphatic rings. The maximum Gasteiger partial charge on any atom is 0.328 e. The Labute approximate surface area is 121 Å². The van der Waals surface area contributed by atoms with Gasteiger partial charge in [0.1, 0.15) is 11.9 Å². The number of aliphatic carboxylic acids is 1. The summed E-state index contributed by atoms with van der Waals surface area (Å²) in [5.74, 6) is 0.758. The van der Waals surface area contributed by atoms with Crippen LogP contribution >= 0.6 is 0 Å². The van der Waals surface area contributed by atoms with Crippen molar-refractivity contribution < 1.29 is 28.8 Å². The molecule has 2 aliphatic heterocycles. The molecule has 1 unspecified atom stereocenters. The Morgan fingerprint density at radius 3 is 2.86 bits per heavy atom. The highest BCUT2D eigenvalue weighted by Gasteiger charge is 2.21. The van der Waals surface area contributed by atoms with Crippen molar-refractivity contribution in [2.24, 2.45) is 0 Å². The molecule has 1 saturated heterocycles. The van der Waals surface area contributed by atoms with Crippen LogP contribution < -0.4 is 14.2 Å². The van der Waals surface area contributed by atoms with Gasteiger partial charge in [-0.15, -0.1) is 0 Å². The minimum atomic E-state index is -1.01. The molecule has 0 amide bonds. The Kier molecular flexibility index (Phi) is 3.96. The average Bonchev–Trinajstić information content (AvgIpc) is 2.93. The standard InChI is InChI=1S/C15H16O6/c16-15(17)4-3-10-6-13-14(20-9-19-13)7-12(10)21-11-2-1-5-18-8-11/h3-4,6-7,11H,1-2,5,8-9H2,(H,16,17)/b4-3+. The molecule has 0 bridgehead atoms. The lowest BCUT2D eigenvalue weighted by atomic mass is 10.1. The summed E-state index contributed by atoms with van der Waals surface area (Å²) in [4.78, 5) is 10.7. The van der Waals surface area contributed by atoms with Gasteiger partial charge in [-0.1, -0.05) is 0 Å². The van der Waals surface area contributed by atoms with Crippen LogP contribution in [-0.2, 0) is 9.53 Å². The molecule has 1 fully saturated rings. The van der Waals surface area contributed by atoms with E-state index < -0.39 is 5.97 Å². The van der Waals surface area contributed by atoms with E-state index >= 15 is 0 Å². The number of ether oxygens (including phenoxy) is 4. The van der Waals surface area contributed by atoms with Gasteiger partial charge in [-0.2, -0.15) is 0 Å². The second kappa shape index (κ2) is 6.05. The van der Waals surface area contributed by atoms with E-state index in [1.807, 2.05) is 0 Å². The first-order valence-electron chi connectivity index (χ1n) is 6.81. The molecule has 0 spiro atoms. The predicted octanol–water partition coefficient (Wildman–Crippen LogP) is 2.07. The van der Waals surface area contributed by atoms with Crippen LogP contribution in [0, 0.1) is 0 Å². The Morgan fingerprint density at radius 1 is 1.33 bits per heavy atom. The SMILES string of the molecule is O=C(O)/C=C/c1cc2c(cc1OC1CCCOC1)OCO2. The zero-order valence-corrected chi connectivity index (χ0v) is 11.4. The summed E-state index contributed by atoms with van der Waals surface area (Å²) in [6, 6.07) is 3.46. The van der Waals surface area contributed by atoms with Crippen molar-refractivity contribution in [3.8, 4) is 17.2 Å². The number of fused-ring (bicyclic) bond motifs is 1. The van der Waals surface area contributed by atoms with Gasteiger partial charge < -0.3 is 24.1 Å². The Balaban J connectivity index is 1.86. The quantitative estimate of drug-likeness (QED) is 0.856. The van der Waals surface area contributed by atoms with Crippen LogP contribution in [0.2, 0.25) is 0 Å². The molecule has 1 aromatic carbocycles. The average molecular weight is 292 g/mol. The summed E-state index contributed by atoms with van der Waals surface area (Å²) < 4.78 is 22.0. The second-order valence-corrected chi connectivity index (χ2v) is 4.87. The van der Waals surface area contributed by atoms with Crippen molar-refractivity contribution in [1.29, 1.82) is 0 Å². The molecule has 1 N–H and O–H groups in total. The number of rotatable bonds is 4. The van der Waals surface area contributed by atoms with Gasteiger partial charge in [0.05, 0.1) is 6.61 Å². The highest BCUT2D eigenvalue weighted by Crippen LogP contribution is 2.39. The van der Waals surface area contributed by atoms with E-state index in [0.717, 1.165) is 25.5 Å². The summed E-state index contributed by atoms with van der Waals surface area (Å²) in [6.45, 7) is 1.46. The van der Waals surface area contributed by atoms with Crippen LogP contribution in [-0.4, -0.2) is 37.2 Å². The smallest absolute Gasteiger partial charge is 0.328 e. The fourth-order valence-corrected chi connectivity index (χ4v) is 2.32. The van der Waals surface area contributed by atoms with Gasteiger partial charge in [-0.05, 0) is 25.0 Å². The maximum absolute atomic E-state index is 10.7. The number of carbonyl (C=O) groups is 1. The van der Waals surface area contributed by atoms with E-state index in [4.69, 9.17) is 24.1 Å². The molecule has 2 heterocycles. The third kappa shape index (κ3) is 3.28. The topological polar surface area (TPSA) is 74.2 Å². The number of hydrogen-bond acceptors (Lipinski definition) is 5. The highest BCUT2D eigenvalue weighted by atomic mass is 16.7. The van der Waals surface area contributed by atoms with Crippen LogP contribution in [0.5, 0.6) is 17.2 Å². The van der Waals surface area contributed by atoms with Gasteiger partial charge in [-0.3, -0.25) is 0 Å². The fourth-order valence-electron chi connectivity index (χ4n) is 2.32. The van der Waals surface area contributed by atoms with E-state index in [0.29, 0.717) is 29.4 Å². The van der Waals surface area contributed by atoms with Crippen LogP contribution in [0.3, 0.4) is 0 Å². The Bertz CT molecular complexity index is 560. The molecule has 0 radical (unpaired) electrons. The van der Waals surface area contributed by atoms with E-state index in [-0.39, 0.29) is 12.9 Å². The largest absolute Gasteiger partial charge is 0.487 e. The maximum atomic E-state index is 10.7. The zero-order valence-electron chi connectivity index (χ0n) is 11.4. The first-order valence-corrected chi connectivity index (χ1v) is 6.81.